The summed E-state index contributed by atoms with van der Waals surface area (Å²) in [5, 5.41) is 18.0. The SMILES string of the molecule is C/C(=N\OC(=O)N(C)CC1CCC(C(=O)OC(C)C)N1)[C@H]1CC[C@H]2[C@@H]3CC[C@@H]4C[C@@H](O)CC[C@]4(C)[C@H]3CC[C@]12C. The van der Waals surface area contributed by atoms with E-state index in [1.165, 1.54) is 38.5 Å². The molecule has 4 aliphatic carbocycles. The Morgan fingerprint density at radius 3 is 2.48 bits per heavy atom. The lowest BCUT2D eigenvalue weighted by Crippen LogP contribution is -2.54. The van der Waals surface area contributed by atoms with E-state index in [-0.39, 0.29) is 35.7 Å². The minimum Gasteiger partial charge on any atom is -0.462 e. The fraction of sp³-hybridized carbons (Fsp3) is 0.906. The first kappa shape index (κ1) is 29.8. The number of ether oxygens (including phenoxy) is 1. The van der Waals surface area contributed by atoms with Gasteiger partial charge in [-0.3, -0.25) is 14.9 Å². The van der Waals surface area contributed by atoms with E-state index in [9.17, 15) is 14.7 Å². The second kappa shape index (κ2) is 11.5. The topological polar surface area (TPSA) is 100 Å². The molecule has 0 aromatic carbocycles. The molecule has 0 aromatic rings. The van der Waals surface area contributed by atoms with Gasteiger partial charge in [-0.1, -0.05) is 19.0 Å². The van der Waals surface area contributed by atoms with Crippen LogP contribution >= 0.6 is 0 Å². The molecule has 1 aliphatic heterocycles. The lowest BCUT2D eigenvalue weighted by Gasteiger charge is -2.61. The summed E-state index contributed by atoms with van der Waals surface area (Å²) in [5.74, 6) is 3.04. The van der Waals surface area contributed by atoms with Gasteiger partial charge in [0.2, 0.25) is 0 Å². The Bertz CT molecular complexity index is 986. The number of carbonyl (C=O) groups excluding carboxylic acids is 2. The highest BCUT2D eigenvalue weighted by Gasteiger charge is 2.60. The van der Waals surface area contributed by atoms with Crippen LogP contribution in [0.1, 0.15) is 105 Å². The van der Waals surface area contributed by atoms with E-state index in [1.54, 1.807) is 11.9 Å². The van der Waals surface area contributed by atoms with Gasteiger partial charge in [-0.2, -0.15) is 0 Å². The van der Waals surface area contributed by atoms with Crippen molar-refractivity contribution in [1.29, 1.82) is 0 Å². The molecule has 2 unspecified atom stereocenters. The first-order valence-electron chi connectivity index (χ1n) is 16.0. The molecule has 5 fully saturated rings. The van der Waals surface area contributed by atoms with Gasteiger partial charge in [0.15, 0.2) is 0 Å². The van der Waals surface area contributed by atoms with Crippen molar-refractivity contribution in [3.05, 3.63) is 0 Å². The van der Waals surface area contributed by atoms with E-state index < -0.39 is 6.09 Å². The van der Waals surface area contributed by atoms with Gasteiger partial charge in [-0.05, 0) is 126 Å². The zero-order valence-electron chi connectivity index (χ0n) is 25.7. The zero-order valence-corrected chi connectivity index (χ0v) is 25.7. The highest BCUT2D eigenvalue weighted by molar-refractivity contribution is 5.85. The number of nitrogens with one attached hydrogen (secondary N) is 1. The summed E-state index contributed by atoms with van der Waals surface area (Å²) in [5.41, 5.74) is 1.53. The Labute approximate surface area is 241 Å². The summed E-state index contributed by atoms with van der Waals surface area (Å²) in [6.45, 7) is 11.2. The van der Waals surface area contributed by atoms with Crippen LogP contribution < -0.4 is 5.32 Å². The summed E-state index contributed by atoms with van der Waals surface area (Å²) in [6.07, 6.45) is 11.4. The summed E-state index contributed by atoms with van der Waals surface area (Å²) in [6, 6.07) is -0.285. The largest absolute Gasteiger partial charge is 0.462 e. The lowest BCUT2D eigenvalue weighted by atomic mass is 9.44. The number of hydrogen-bond acceptors (Lipinski definition) is 7. The summed E-state index contributed by atoms with van der Waals surface area (Å²) in [4.78, 5) is 32.0. The van der Waals surface area contributed by atoms with Crippen molar-refractivity contribution in [3.63, 3.8) is 0 Å². The molecule has 8 nitrogen and oxygen atoms in total. The Morgan fingerprint density at radius 1 is 1.00 bits per heavy atom. The third-order valence-corrected chi connectivity index (χ3v) is 12.1. The number of likely N-dealkylation sites (N-methyl/N-ethyl adjacent to an activating group) is 1. The second-order valence-electron chi connectivity index (χ2n) is 14.7. The normalized spacial score (nSPS) is 43.0. The number of rotatable bonds is 6. The van der Waals surface area contributed by atoms with Crippen molar-refractivity contribution in [3.8, 4) is 0 Å². The quantitative estimate of drug-likeness (QED) is 0.192. The number of aliphatic hydroxyl groups excluding tert-OH is 1. The number of hydrogen-bond donors (Lipinski definition) is 2. The van der Waals surface area contributed by atoms with Crippen LogP contribution in [0.4, 0.5) is 4.79 Å². The van der Waals surface area contributed by atoms with Crippen molar-refractivity contribution in [2.75, 3.05) is 13.6 Å². The van der Waals surface area contributed by atoms with Crippen LogP contribution in [0.3, 0.4) is 0 Å². The van der Waals surface area contributed by atoms with Gasteiger partial charge in [-0.25, -0.2) is 4.79 Å². The van der Waals surface area contributed by atoms with Crippen molar-refractivity contribution < 1.29 is 24.3 Å². The van der Waals surface area contributed by atoms with E-state index in [4.69, 9.17) is 9.57 Å². The van der Waals surface area contributed by atoms with Gasteiger partial charge in [0, 0.05) is 25.6 Å². The average Bonchev–Trinajstić information content (AvgIpc) is 3.51. The van der Waals surface area contributed by atoms with Crippen LogP contribution in [-0.4, -0.2) is 65.7 Å². The first-order chi connectivity index (χ1) is 18.9. The number of amides is 1. The monoisotopic (exact) mass is 559 g/mol. The summed E-state index contributed by atoms with van der Waals surface area (Å²) >= 11 is 0. The van der Waals surface area contributed by atoms with Gasteiger partial charge >= 0.3 is 12.1 Å². The van der Waals surface area contributed by atoms with Crippen LogP contribution in [0.2, 0.25) is 0 Å². The zero-order chi connectivity index (χ0) is 28.8. The maximum absolute atomic E-state index is 12.8. The van der Waals surface area contributed by atoms with Crippen LogP contribution in [-0.2, 0) is 14.4 Å². The van der Waals surface area contributed by atoms with Crippen molar-refractivity contribution in [1.82, 2.24) is 10.2 Å². The fourth-order valence-corrected chi connectivity index (χ4v) is 10.0. The highest BCUT2D eigenvalue weighted by atomic mass is 16.7. The molecule has 5 aliphatic rings. The smallest absolute Gasteiger partial charge is 0.435 e. The Kier molecular flexibility index (Phi) is 8.60. The number of oxime groups is 1. The fourth-order valence-electron chi connectivity index (χ4n) is 10.0. The minimum absolute atomic E-state index is 0.0291. The number of esters is 1. The second-order valence-corrected chi connectivity index (χ2v) is 14.7. The molecule has 1 amide bonds. The standard InChI is InChI=1S/C32H53N3O5/c1-19(2)39-29(37)28-12-8-22(33-28)18-35(6)30(38)40-34-20(3)25-10-11-26-24-9-7-21-17-23(36)13-15-31(21,4)27(24)14-16-32(25,26)5/h19,21-28,33,36H,7-18H2,1-6H3/b34-20+/t21-,22?,23+,24+,25-,26+,27+,28?,31+,32-/m1/s1. The van der Waals surface area contributed by atoms with E-state index in [0.29, 0.717) is 36.1 Å². The van der Waals surface area contributed by atoms with Crippen LogP contribution in [0.5, 0.6) is 0 Å². The molecule has 4 saturated carbocycles. The van der Waals surface area contributed by atoms with Gasteiger partial charge in [-0.15, -0.1) is 0 Å². The van der Waals surface area contributed by atoms with Crippen molar-refractivity contribution in [2.24, 2.45) is 45.6 Å². The predicted molar refractivity (Wildman–Crippen MR) is 155 cm³/mol. The Balaban J connectivity index is 1.15. The van der Waals surface area contributed by atoms with Gasteiger partial charge < -0.3 is 14.7 Å². The average molecular weight is 560 g/mol. The summed E-state index contributed by atoms with van der Waals surface area (Å²) < 4.78 is 5.32. The molecular formula is C32H53N3O5. The Morgan fingerprint density at radius 2 is 1.73 bits per heavy atom. The third kappa shape index (κ3) is 5.56. The number of fused-ring (bicyclic) bond motifs is 5. The van der Waals surface area contributed by atoms with E-state index >= 15 is 0 Å². The predicted octanol–water partition coefficient (Wildman–Crippen LogP) is 5.52. The molecule has 5 rings (SSSR count). The molecule has 2 N–H and O–H groups in total. The molecule has 0 spiro atoms. The molecule has 10 atom stereocenters. The third-order valence-electron chi connectivity index (χ3n) is 12.1. The molecule has 0 radical (unpaired) electrons. The van der Waals surface area contributed by atoms with Crippen molar-refractivity contribution >= 4 is 17.8 Å². The molecule has 1 heterocycles. The number of aliphatic hydroxyl groups is 1. The number of nitrogens with zero attached hydrogens (tertiary/aromatic N) is 2. The van der Waals surface area contributed by atoms with Gasteiger partial charge in [0.1, 0.15) is 6.04 Å². The maximum Gasteiger partial charge on any atom is 0.435 e. The van der Waals surface area contributed by atoms with E-state index in [2.05, 4.69) is 24.3 Å². The van der Waals surface area contributed by atoms with Gasteiger partial charge in [0.25, 0.3) is 0 Å². The van der Waals surface area contributed by atoms with Crippen molar-refractivity contribution in [2.45, 2.75) is 130 Å². The Hall–Kier alpha value is -1.67. The molecule has 0 aromatic heterocycles. The minimum atomic E-state index is -0.455. The maximum atomic E-state index is 12.8. The molecule has 8 heteroatoms. The summed E-state index contributed by atoms with van der Waals surface area (Å²) in [7, 11) is 1.73. The van der Waals surface area contributed by atoms with E-state index in [0.717, 1.165) is 43.2 Å². The number of carbonyl (C=O) groups is 2. The molecule has 226 valence electrons. The van der Waals surface area contributed by atoms with E-state index in [1.807, 2.05) is 20.8 Å². The molecule has 1 saturated heterocycles. The highest BCUT2D eigenvalue weighted by Crippen LogP contribution is 2.67. The lowest BCUT2D eigenvalue weighted by molar-refractivity contribution is -0.149. The van der Waals surface area contributed by atoms with Crippen LogP contribution in [0.15, 0.2) is 5.16 Å². The molecular weight excluding hydrogens is 506 g/mol. The molecule has 40 heavy (non-hydrogen) atoms. The van der Waals surface area contributed by atoms with Crippen LogP contribution in [0, 0.1) is 40.4 Å². The van der Waals surface area contributed by atoms with Gasteiger partial charge in [0.05, 0.1) is 17.9 Å². The first-order valence-corrected chi connectivity index (χ1v) is 16.0. The molecule has 0 bridgehead atoms. The van der Waals surface area contributed by atoms with Crippen LogP contribution in [0.25, 0.3) is 0 Å².